The molecule has 1 saturated heterocycles. The van der Waals surface area contributed by atoms with Crippen LogP contribution in [0, 0.1) is 34.4 Å². The van der Waals surface area contributed by atoms with Gasteiger partial charge >= 0.3 is 7.60 Å². The number of hydrogen-bond donors (Lipinski definition) is 3. The number of halogens is 1. The Kier molecular flexibility index (Phi) is 19.9. The van der Waals surface area contributed by atoms with Gasteiger partial charge in [0, 0.05) is 25.7 Å². The third-order valence-electron chi connectivity index (χ3n) is 11.7. The minimum Gasteiger partial charge on any atom is -0.397 e. The lowest BCUT2D eigenvalue weighted by atomic mass is 9.85. The van der Waals surface area contributed by atoms with Gasteiger partial charge in [-0.25, -0.2) is 8.91 Å². The van der Waals surface area contributed by atoms with Crippen molar-refractivity contribution in [2.75, 3.05) is 32.1 Å². The molecule has 4 N–H and O–H groups in total. The number of carbonyl (C=O) groups excluding carboxylic acids is 1. The molecule has 2 aromatic heterocycles. The van der Waals surface area contributed by atoms with Crippen molar-refractivity contribution in [3.63, 3.8) is 0 Å². The van der Waals surface area contributed by atoms with Crippen LogP contribution in [-0.4, -0.2) is 75.1 Å². The quantitative estimate of drug-likeness (QED) is 0.0466. The number of aromatic nitrogens is 2. The smallest absolute Gasteiger partial charge is 0.328 e. The fourth-order valence-electron chi connectivity index (χ4n) is 7.97. The molecule has 1 aromatic carbocycles. The van der Waals surface area contributed by atoms with Crippen LogP contribution in [0.4, 0.5) is 10.1 Å². The Morgan fingerprint density at radius 2 is 1.63 bits per heavy atom. The van der Waals surface area contributed by atoms with Crippen LogP contribution >= 0.6 is 7.60 Å². The number of unbranched alkanes of at least 4 members (excludes halogenated alkanes) is 15. The Morgan fingerprint density at radius 1 is 1.02 bits per heavy atom. The number of fused-ring (bicyclic) bond motifs is 1. The molecule has 0 radical (unpaired) electrons. The first-order valence-corrected chi connectivity index (χ1v) is 23.6. The summed E-state index contributed by atoms with van der Waals surface area (Å²) in [4.78, 5) is 26.2. The van der Waals surface area contributed by atoms with E-state index in [0.29, 0.717) is 29.0 Å². The largest absolute Gasteiger partial charge is 0.397 e. The molecular weight excluding hydrogens is 787 g/mol. The van der Waals surface area contributed by atoms with Crippen LogP contribution < -0.4 is 5.73 Å². The van der Waals surface area contributed by atoms with Gasteiger partial charge in [0.15, 0.2) is 0 Å². The Morgan fingerprint density at radius 3 is 2.23 bits per heavy atom. The van der Waals surface area contributed by atoms with Crippen molar-refractivity contribution in [2.45, 2.75) is 154 Å². The lowest BCUT2D eigenvalue weighted by molar-refractivity contribution is -0.143. The minimum atomic E-state index is -4.40. The number of anilines is 1. The van der Waals surface area contributed by atoms with Gasteiger partial charge in [-0.1, -0.05) is 110 Å². The average molecular weight is 853 g/mol. The lowest BCUT2D eigenvalue weighted by Crippen LogP contribution is -2.39. The number of hydrogen-bond acceptors (Lipinski definition) is 10. The number of nitrogens with zero attached hydrogens (tertiary/aromatic N) is 5. The van der Waals surface area contributed by atoms with Crippen molar-refractivity contribution >= 4 is 24.7 Å². The van der Waals surface area contributed by atoms with Crippen LogP contribution in [0.1, 0.15) is 140 Å². The molecule has 1 amide bonds. The maximum absolute atomic E-state index is 14.2. The Labute approximate surface area is 355 Å². The number of benzene rings is 1. The van der Waals surface area contributed by atoms with Crippen LogP contribution in [-0.2, 0) is 35.6 Å². The molecule has 4 rings (SSSR count). The van der Waals surface area contributed by atoms with E-state index in [1.54, 1.807) is 37.1 Å². The van der Waals surface area contributed by atoms with Crippen molar-refractivity contribution in [1.29, 1.82) is 10.5 Å². The minimum absolute atomic E-state index is 0.0990. The van der Waals surface area contributed by atoms with Gasteiger partial charge in [0.05, 0.1) is 54.0 Å². The van der Waals surface area contributed by atoms with Crippen LogP contribution in [0.3, 0.4) is 0 Å². The number of rotatable bonds is 28. The monoisotopic (exact) mass is 852 g/mol. The standard InChI is InChI=1S/C45H66FN6O7P/c1-4-5-6-7-8-9-10-11-12-13-14-15-16-17-18-19-25-51(3)44(54)40(57-31-36-27-35(30-47)28-37(46)29-36)23-26-60(55,56)58-32-41-43(53)34(2)45(33-48,59-41)42-21-20-39-38(49)22-24-50-52(39)42/h20-22,24,27-29,34,40-41,43,53H,4-19,23,25-26,31-32,49H2,1-3H3,(H,55,56)/t34-,40+,41-,43+,45-/m1/s1. The van der Waals surface area contributed by atoms with Gasteiger partial charge < -0.3 is 34.6 Å². The number of nitrogens with two attached hydrogens (primary N) is 1. The van der Waals surface area contributed by atoms with Crippen molar-refractivity contribution in [3.05, 3.63) is 65.2 Å². The molecule has 0 saturated carbocycles. The molecule has 3 aromatic rings. The van der Waals surface area contributed by atoms with Crippen molar-refractivity contribution in [3.8, 4) is 12.1 Å². The van der Waals surface area contributed by atoms with Gasteiger partial charge in [0.2, 0.25) is 5.60 Å². The summed E-state index contributed by atoms with van der Waals surface area (Å²) >= 11 is 0. The number of aliphatic hydroxyl groups excluding tert-OH is 1. The zero-order valence-electron chi connectivity index (χ0n) is 35.8. The van der Waals surface area contributed by atoms with E-state index in [4.69, 9.17) is 19.7 Å². The van der Waals surface area contributed by atoms with E-state index in [-0.39, 0.29) is 18.6 Å². The second kappa shape index (κ2) is 24.5. The van der Waals surface area contributed by atoms with Crippen molar-refractivity contribution < 1.29 is 37.7 Å². The highest BCUT2D eigenvalue weighted by Crippen LogP contribution is 2.48. The van der Waals surface area contributed by atoms with Gasteiger partial charge in [0.1, 0.15) is 24.1 Å². The average Bonchev–Trinajstić information content (AvgIpc) is 3.78. The van der Waals surface area contributed by atoms with Crippen LogP contribution in [0.15, 0.2) is 42.6 Å². The third kappa shape index (κ3) is 14.1. The summed E-state index contributed by atoms with van der Waals surface area (Å²) in [6.45, 7) is 3.64. The number of amides is 1. The van der Waals surface area contributed by atoms with E-state index >= 15 is 0 Å². The van der Waals surface area contributed by atoms with Gasteiger partial charge in [-0.15, -0.1) is 0 Å². The van der Waals surface area contributed by atoms with E-state index in [0.717, 1.165) is 31.7 Å². The number of aliphatic hydroxyl groups is 1. The number of nitriles is 2. The normalized spacial score (nSPS) is 20.4. The molecule has 13 nitrogen and oxygen atoms in total. The number of nitrogen functional groups attached to an aromatic ring is 1. The highest BCUT2D eigenvalue weighted by Gasteiger charge is 2.56. The highest BCUT2D eigenvalue weighted by atomic mass is 31.2. The molecule has 1 aliphatic rings. The molecule has 0 spiro atoms. The summed E-state index contributed by atoms with van der Waals surface area (Å²) in [6.07, 6.45) is 17.1. The molecule has 0 bridgehead atoms. The number of likely N-dealkylation sites (N-methyl/N-ethyl adjacent to an activating group) is 1. The highest BCUT2D eigenvalue weighted by molar-refractivity contribution is 7.52. The molecule has 60 heavy (non-hydrogen) atoms. The molecule has 330 valence electrons. The van der Waals surface area contributed by atoms with Gasteiger partial charge in [-0.05, 0) is 54.8 Å². The van der Waals surface area contributed by atoms with Crippen LogP contribution in [0.2, 0.25) is 0 Å². The fraction of sp³-hybridized carbons (Fsp3) is 0.644. The van der Waals surface area contributed by atoms with E-state index in [9.17, 15) is 34.3 Å². The number of ether oxygens (including phenoxy) is 2. The predicted molar refractivity (Wildman–Crippen MR) is 229 cm³/mol. The lowest BCUT2D eigenvalue weighted by Gasteiger charge is -2.26. The molecule has 1 aliphatic heterocycles. The maximum atomic E-state index is 14.2. The molecule has 1 fully saturated rings. The molecule has 1 unspecified atom stereocenters. The summed E-state index contributed by atoms with van der Waals surface area (Å²) in [5.74, 6) is -1.80. The van der Waals surface area contributed by atoms with E-state index in [1.807, 2.05) is 6.07 Å². The van der Waals surface area contributed by atoms with Crippen LogP contribution in [0.5, 0.6) is 0 Å². The first-order chi connectivity index (χ1) is 28.9. The topological polar surface area (TPSA) is 196 Å². The summed E-state index contributed by atoms with van der Waals surface area (Å²) in [5.41, 5.74) is 6.20. The zero-order chi connectivity index (χ0) is 43.5. The predicted octanol–water partition coefficient (Wildman–Crippen LogP) is 8.94. The van der Waals surface area contributed by atoms with E-state index in [2.05, 4.69) is 18.1 Å². The Balaban J connectivity index is 1.26. The molecule has 0 aliphatic carbocycles. The second-order valence-corrected chi connectivity index (χ2v) is 18.3. The van der Waals surface area contributed by atoms with Crippen molar-refractivity contribution in [2.24, 2.45) is 5.92 Å². The summed E-state index contributed by atoms with van der Waals surface area (Å²) in [5, 5.41) is 35.1. The van der Waals surface area contributed by atoms with Gasteiger partial charge in [-0.2, -0.15) is 15.6 Å². The Hall–Kier alpha value is -3.88. The molecule has 15 heteroatoms. The summed E-state index contributed by atoms with van der Waals surface area (Å²) < 4.78 is 46.6. The molecular formula is C45H66FN6O7P. The third-order valence-corrected chi connectivity index (χ3v) is 13.0. The van der Waals surface area contributed by atoms with Crippen LogP contribution in [0.25, 0.3) is 5.52 Å². The van der Waals surface area contributed by atoms with E-state index in [1.165, 1.54) is 99.9 Å². The van der Waals surface area contributed by atoms with Crippen molar-refractivity contribution in [1.82, 2.24) is 14.5 Å². The van der Waals surface area contributed by atoms with Gasteiger partial charge in [0.25, 0.3) is 5.91 Å². The molecule has 6 atom stereocenters. The second-order valence-electron chi connectivity index (χ2n) is 16.4. The zero-order valence-corrected chi connectivity index (χ0v) is 36.7. The number of carbonyl (C=O) groups is 1. The molecule has 3 heterocycles. The summed E-state index contributed by atoms with van der Waals surface area (Å²) in [7, 11) is -2.74. The maximum Gasteiger partial charge on any atom is 0.328 e. The first-order valence-electron chi connectivity index (χ1n) is 21.9. The Bertz CT molecular complexity index is 1930. The summed E-state index contributed by atoms with van der Waals surface area (Å²) in [6, 6.07) is 12.8. The van der Waals surface area contributed by atoms with Gasteiger partial charge in [-0.3, -0.25) is 9.36 Å². The first kappa shape index (κ1) is 48.8. The fourth-order valence-corrected chi connectivity index (χ4v) is 9.04. The van der Waals surface area contributed by atoms with E-state index < -0.39 is 61.9 Å². The SMILES string of the molecule is CCCCCCCCCCCCCCCCCCN(C)C(=O)[C@H](CCP(=O)(O)OC[C@H]1O[C@@](C#N)(c2ccc3c(N)ccnn23)[C@H](C)[C@@H]1O)OCc1cc(F)cc(C#N)c1.